The number of thioether (sulfide) groups is 1. The number of hydrogen-bond acceptors (Lipinski definition) is 6. The molecule has 8 heteroatoms. The molecule has 0 spiro atoms. The molecule has 2 unspecified atom stereocenters. The smallest absolute Gasteiger partial charge is 0.326 e. The van der Waals surface area contributed by atoms with Gasteiger partial charge in [-0.25, -0.2) is 4.79 Å². The van der Waals surface area contributed by atoms with Gasteiger partial charge in [0.2, 0.25) is 5.91 Å². The number of nitrogens with zero attached hydrogens (tertiary/aromatic N) is 1. The monoisotopic (exact) mass is 369 g/mol. The number of carboxylic acids is 1. The number of ketones is 1. The molecule has 1 N–H and O–H groups in total. The Labute approximate surface area is 148 Å². The summed E-state index contributed by atoms with van der Waals surface area (Å²) in [5.74, 6) is -2.47. The van der Waals surface area contributed by atoms with Crippen molar-refractivity contribution < 1.29 is 24.3 Å². The van der Waals surface area contributed by atoms with E-state index in [1.165, 1.54) is 23.2 Å². The summed E-state index contributed by atoms with van der Waals surface area (Å²) >= 11 is 2.20. The zero-order valence-corrected chi connectivity index (χ0v) is 15.1. The summed E-state index contributed by atoms with van der Waals surface area (Å²) in [5, 5.41) is 11.6. The number of carbonyl (C=O) groups excluding carboxylic acids is 3. The fraction of sp³-hybridized carbons (Fsp3) is 0.500. The molecule has 24 heavy (non-hydrogen) atoms. The van der Waals surface area contributed by atoms with Gasteiger partial charge in [-0.3, -0.25) is 14.4 Å². The zero-order valence-electron chi connectivity index (χ0n) is 13.4. The zero-order chi connectivity index (χ0) is 17.9. The molecule has 0 bridgehead atoms. The lowest BCUT2D eigenvalue weighted by atomic mass is 9.99. The highest BCUT2D eigenvalue weighted by molar-refractivity contribution is 8.14. The molecular formula is C16H19NO5S2. The molecule has 1 aliphatic heterocycles. The third-order valence-electron chi connectivity index (χ3n) is 4.02. The molecule has 1 aliphatic rings. The Kier molecular flexibility index (Phi) is 6.17. The molecule has 0 saturated carbocycles. The lowest BCUT2D eigenvalue weighted by Gasteiger charge is -2.28. The standard InChI is InChI=1S/C16H19NO5S2/c1-9(15(20)17-6-3-4-12(17)16(21)22)14(24-10(2)18)13(19)11-5-7-23-8-11/h5,7-9,12,14H,3-4,6H2,1-2H3,(H,21,22)/t9?,12-,14?/m0/s1. The van der Waals surface area contributed by atoms with Gasteiger partial charge in [0, 0.05) is 24.4 Å². The van der Waals surface area contributed by atoms with Crippen LogP contribution >= 0.6 is 23.1 Å². The molecule has 1 fully saturated rings. The minimum atomic E-state index is -1.03. The van der Waals surface area contributed by atoms with E-state index in [4.69, 9.17) is 0 Å². The van der Waals surface area contributed by atoms with Crippen LogP contribution in [-0.4, -0.2) is 50.6 Å². The number of aliphatic carboxylic acids is 1. The van der Waals surface area contributed by atoms with Crippen LogP contribution in [0.1, 0.15) is 37.0 Å². The van der Waals surface area contributed by atoms with Crippen molar-refractivity contribution in [3.05, 3.63) is 22.4 Å². The maximum Gasteiger partial charge on any atom is 0.326 e. The first-order chi connectivity index (χ1) is 11.3. The van der Waals surface area contributed by atoms with E-state index >= 15 is 0 Å². The van der Waals surface area contributed by atoms with Gasteiger partial charge in [-0.05, 0) is 24.3 Å². The SMILES string of the molecule is CC(=O)SC(C(=O)c1ccsc1)C(C)C(=O)N1CCC[C@H]1C(=O)O. The van der Waals surface area contributed by atoms with Crippen LogP contribution in [0.15, 0.2) is 16.8 Å². The average Bonchev–Trinajstić information content (AvgIpc) is 3.20. The quantitative estimate of drug-likeness (QED) is 0.774. The summed E-state index contributed by atoms with van der Waals surface area (Å²) in [6.07, 6.45) is 1.04. The molecule has 3 atom stereocenters. The molecule has 6 nitrogen and oxygen atoms in total. The second kappa shape index (κ2) is 7.94. The van der Waals surface area contributed by atoms with Crippen molar-refractivity contribution in [2.75, 3.05) is 6.54 Å². The lowest BCUT2D eigenvalue weighted by molar-refractivity contribution is -0.149. The number of thiophene rings is 1. The summed E-state index contributed by atoms with van der Waals surface area (Å²) in [6, 6.07) is 0.813. The first-order valence-electron chi connectivity index (χ1n) is 7.60. The molecule has 0 radical (unpaired) electrons. The number of amides is 1. The van der Waals surface area contributed by atoms with E-state index in [0.29, 0.717) is 24.9 Å². The van der Waals surface area contributed by atoms with Crippen molar-refractivity contribution in [3.63, 3.8) is 0 Å². The predicted octanol–water partition coefficient (Wildman–Crippen LogP) is 2.29. The number of hydrogen-bond donors (Lipinski definition) is 1. The van der Waals surface area contributed by atoms with Gasteiger partial charge in [-0.2, -0.15) is 11.3 Å². The topological polar surface area (TPSA) is 91.8 Å². The third kappa shape index (κ3) is 4.05. The Bertz CT molecular complexity index is 643. The van der Waals surface area contributed by atoms with Gasteiger partial charge in [-0.15, -0.1) is 0 Å². The Morgan fingerprint density at radius 2 is 2.08 bits per heavy atom. The van der Waals surface area contributed by atoms with E-state index in [9.17, 15) is 24.3 Å². The molecule has 1 aromatic rings. The summed E-state index contributed by atoms with van der Waals surface area (Å²) in [5.41, 5.74) is 0.467. The van der Waals surface area contributed by atoms with Crippen LogP contribution in [0.25, 0.3) is 0 Å². The highest BCUT2D eigenvalue weighted by Gasteiger charge is 2.40. The van der Waals surface area contributed by atoms with Crippen LogP contribution in [0, 0.1) is 5.92 Å². The number of carboxylic acid groups (broad SMARTS) is 1. The molecular weight excluding hydrogens is 350 g/mol. The molecule has 1 saturated heterocycles. The van der Waals surface area contributed by atoms with Crippen molar-refractivity contribution in [3.8, 4) is 0 Å². The maximum absolute atomic E-state index is 12.7. The summed E-state index contributed by atoms with van der Waals surface area (Å²) in [6.45, 7) is 3.31. The number of Topliss-reactive ketones (excluding diaryl/α,β-unsaturated/α-hetero) is 1. The van der Waals surface area contributed by atoms with E-state index in [1.807, 2.05) is 0 Å². The molecule has 130 valence electrons. The Hall–Kier alpha value is -1.67. The first-order valence-corrected chi connectivity index (χ1v) is 9.42. The molecule has 0 aromatic carbocycles. The van der Waals surface area contributed by atoms with Gasteiger partial charge in [0.15, 0.2) is 10.9 Å². The Balaban J connectivity index is 2.22. The van der Waals surface area contributed by atoms with Crippen LogP contribution in [0.3, 0.4) is 0 Å². The number of likely N-dealkylation sites (tertiary alicyclic amines) is 1. The number of rotatable bonds is 6. The maximum atomic E-state index is 12.7. The van der Waals surface area contributed by atoms with Gasteiger partial charge < -0.3 is 10.0 Å². The second-order valence-corrected chi connectivity index (χ2v) is 7.82. The van der Waals surface area contributed by atoms with E-state index in [1.54, 1.807) is 23.8 Å². The van der Waals surface area contributed by atoms with Crippen molar-refractivity contribution in [2.24, 2.45) is 5.92 Å². The summed E-state index contributed by atoms with van der Waals surface area (Å²) in [7, 11) is 0. The van der Waals surface area contributed by atoms with Crippen molar-refractivity contribution in [2.45, 2.75) is 38.0 Å². The molecule has 2 rings (SSSR count). The van der Waals surface area contributed by atoms with Gasteiger partial charge in [0.05, 0.1) is 11.2 Å². The van der Waals surface area contributed by atoms with Crippen LogP contribution in [0.4, 0.5) is 0 Å². The molecule has 1 amide bonds. The molecule has 2 heterocycles. The highest BCUT2D eigenvalue weighted by Crippen LogP contribution is 2.29. The normalized spacial score (nSPS) is 19.8. The van der Waals surface area contributed by atoms with Crippen LogP contribution in [-0.2, 0) is 14.4 Å². The second-order valence-electron chi connectivity index (χ2n) is 5.72. The Morgan fingerprint density at radius 3 is 2.62 bits per heavy atom. The van der Waals surface area contributed by atoms with Gasteiger partial charge in [0.25, 0.3) is 0 Å². The van der Waals surface area contributed by atoms with Gasteiger partial charge in [-0.1, -0.05) is 18.7 Å². The minimum Gasteiger partial charge on any atom is -0.480 e. The van der Waals surface area contributed by atoms with Crippen LogP contribution in [0.2, 0.25) is 0 Å². The predicted molar refractivity (Wildman–Crippen MR) is 92.2 cm³/mol. The first kappa shape index (κ1) is 18.7. The highest BCUT2D eigenvalue weighted by atomic mass is 32.2. The van der Waals surface area contributed by atoms with Crippen molar-refractivity contribution in [1.29, 1.82) is 0 Å². The summed E-state index contributed by atoms with van der Waals surface area (Å²) < 4.78 is 0. The van der Waals surface area contributed by atoms with E-state index in [2.05, 4.69) is 0 Å². The molecule has 1 aromatic heterocycles. The molecule has 0 aliphatic carbocycles. The number of carbonyl (C=O) groups is 4. The van der Waals surface area contributed by atoms with Crippen LogP contribution < -0.4 is 0 Å². The Morgan fingerprint density at radius 1 is 1.38 bits per heavy atom. The average molecular weight is 369 g/mol. The fourth-order valence-corrected chi connectivity index (χ4v) is 4.37. The largest absolute Gasteiger partial charge is 0.480 e. The van der Waals surface area contributed by atoms with Gasteiger partial charge >= 0.3 is 5.97 Å². The lowest BCUT2D eigenvalue weighted by Crippen LogP contribution is -2.46. The van der Waals surface area contributed by atoms with Crippen molar-refractivity contribution >= 4 is 45.9 Å². The fourth-order valence-electron chi connectivity index (χ4n) is 2.81. The van der Waals surface area contributed by atoms with E-state index < -0.39 is 23.2 Å². The third-order valence-corrected chi connectivity index (χ3v) is 5.91. The van der Waals surface area contributed by atoms with E-state index in [0.717, 1.165) is 11.8 Å². The van der Waals surface area contributed by atoms with Crippen LogP contribution in [0.5, 0.6) is 0 Å². The van der Waals surface area contributed by atoms with Gasteiger partial charge in [0.1, 0.15) is 6.04 Å². The summed E-state index contributed by atoms with van der Waals surface area (Å²) in [4.78, 5) is 49.6. The minimum absolute atomic E-state index is 0.251. The van der Waals surface area contributed by atoms with E-state index in [-0.39, 0.29) is 16.8 Å². The van der Waals surface area contributed by atoms with Crippen molar-refractivity contribution in [1.82, 2.24) is 4.90 Å².